The van der Waals surface area contributed by atoms with Crippen molar-refractivity contribution in [3.05, 3.63) is 75.6 Å². The average molecular weight is 488 g/mol. The highest BCUT2D eigenvalue weighted by molar-refractivity contribution is 5.95. The van der Waals surface area contributed by atoms with Gasteiger partial charge in [0.05, 0.1) is 5.41 Å². The number of nitrogens with one attached hydrogen (secondary N) is 3. The number of H-pyrrole nitrogens is 1. The van der Waals surface area contributed by atoms with Crippen LogP contribution < -0.4 is 16.4 Å². The number of amides is 2. The molecule has 1 saturated carbocycles. The van der Waals surface area contributed by atoms with Gasteiger partial charge in [-0.3, -0.25) is 9.59 Å². The number of carbonyl (C=O) groups excluding carboxylic acids is 2. The number of rotatable bonds is 6. The molecule has 2 amide bonds. The van der Waals surface area contributed by atoms with Crippen LogP contribution in [0.4, 0.5) is 0 Å². The SMILES string of the molecule is CNC(=O)c1ccc2c(c1)CCc1cc(C(=O)NC)ccc1C2(C[C@@H](N)C1CCCC1)c1nn[nH]n1. The fourth-order valence-corrected chi connectivity index (χ4v) is 6.22. The molecule has 5 rings (SSSR count). The zero-order chi connectivity index (χ0) is 25.3. The minimum Gasteiger partial charge on any atom is -0.355 e. The predicted molar refractivity (Wildman–Crippen MR) is 136 cm³/mol. The van der Waals surface area contributed by atoms with E-state index in [1.807, 2.05) is 36.4 Å². The van der Waals surface area contributed by atoms with Crippen molar-refractivity contribution in [1.82, 2.24) is 31.3 Å². The summed E-state index contributed by atoms with van der Waals surface area (Å²) in [5, 5.41) is 21.1. The first-order chi connectivity index (χ1) is 17.5. The van der Waals surface area contributed by atoms with E-state index in [1.54, 1.807) is 14.1 Å². The lowest BCUT2D eigenvalue weighted by Gasteiger charge is -2.37. The van der Waals surface area contributed by atoms with Crippen LogP contribution in [0.1, 0.15) is 80.9 Å². The molecule has 3 aromatic rings. The Morgan fingerprint density at radius 3 is 2.03 bits per heavy atom. The number of carbonyl (C=O) groups is 2. The molecule has 1 fully saturated rings. The van der Waals surface area contributed by atoms with Crippen molar-refractivity contribution >= 4 is 11.8 Å². The first-order valence-electron chi connectivity index (χ1n) is 12.7. The Kier molecular flexibility index (Phi) is 6.57. The highest BCUT2D eigenvalue weighted by atomic mass is 16.2. The topological polar surface area (TPSA) is 139 Å². The summed E-state index contributed by atoms with van der Waals surface area (Å²) in [5.41, 5.74) is 11.6. The highest BCUT2D eigenvalue weighted by Gasteiger charge is 2.46. The van der Waals surface area contributed by atoms with Gasteiger partial charge in [-0.25, -0.2) is 0 Å². The lowest BCUT2D eigenvalue weighted by atomic mass is 9.66. The van der Waals surface area contributed by atoms with Crippen molar-refractivity contribution in [2.75, 3.05) is 14.1 Å². The molecule has 2 aliphatic rings. The summed E-state index contributed by atoms with van der Waals surface area (Å²) in [4.78, 5) is 25.0. The van der Waals surface area contributed by atoms with Gasteiger partial charge in [0.2, 0.25) is 0 Å². The second kappa shape index (κ2) is 9.81. The largest absolute Gasteiger partial charge is 0.355 e. The molecular weight excluding hydrogens is 454 g/mol. The number of benzene rings is 2. The van der Waals surface area contributed by atoms with Gasteiger partial charge in [0.15, 0.2) is 5.82 Å². The standard InChI is InChI=1S/C27H33N7O2/c1-29-24(35)19-9-11-21-17(13-19)7-8-18-14-20(25(36)30-2)10-12-22(18)27(21,26-31-33-34-32-26)15-23(28)16-5-3-4-6-16/h9-14,16,23H,3-8,15,28H2,1-2H3,(H,29,35)(H,30,36)(H,31,32,33,34)/t23-/m1/s1. The molecule has 9 heteroatoms. The molecule has 36 heavy (non-hydrogen) atoms. The molecule has 1 atom stereocenters. The molecule has 0 spiro atoms. The Labute approximate surface area is 210 Å². The van der Waals surface area contributed by atoms with Gasteiger partial charge in [0.1, 0.15) is 0 Å². The number of aromatic nitrogens is 4. The Bertz CT molecular complexity index is 1200. The van der Waals surface area contributed by atoms with Crippen LogP contribution in [0.25, 0.3) is 0 Å². The summed E-state index contributed by atoms with van der Waals surface area (Å²) in [5.74, 6) is 0.725. The van der Waals surface area contributed by atoms with Crippen LogP contribution >= 0.6 is 0 Å². The molecule has 0 aliphatic heterocycles. The average Bonchev–Trinajstić information content (AvgIpc) is 3.63. The van der Waals surface area contributed by atoms with Gasteiger partial charge in [-0.1, -0.05) is 30.2 Å². The van der Waals surface area contributed by atoms with Crippen molar-refractivity contribution in [2.24, 2.45) is 11.7 Å². The molecular formula is C27H33N7O2. The Hall–Kier alpha value is -3.59. The van der Waals surface area contributed by atoms with Gasteiger partial charge < -0.3 is 16.4 Å². The van der Waals surface area contributed by atoms with Crippen LogP contribution in [-0.4, -0.2) is 52.6 Å². The molecule has 0 bridgehead atoms. The number of nitrogens with zero attached hydrogens (tertiary/aromatic N) is 3. The lowest BCUT2D eigenvalue weighted by molar-refractivity contribution is 0.0955. The van der Waals surface area contributed by atoms with E-state index in [0.717, 1.165) is 35.1 Å². The summed E-state index contributed by atoms with van der Waals surface area (Å²) in [7, 11) is 3.27. The monoisotopic (exact) mass is 487 g/mol. The summed E-state index contributed by atoms with van der Waals surface area (Å²) in [6.07, 6.45) is 6.67. The van der Waals surface area contributed by atoms with Gasteiger partial charge in [-0.2, -0.15) is 5.21 Å². The predicted octanol–water partition coefficient (Wildman–Crippen LogP) is 2.26. The Balaban J connectivity index is 1.75. The number of aromatic amines is 1. The zero-order valence-electron chi connectivity index (χ0n) is 20.8. The second-order valence-corrected chi connectivity index (χ2v) is 9.96. The molecule has 0 unspecified atom stereocenters. The van der Waals surface area contributed by atoms with E-state index < -0.39 is 5.41 Å². The quantitative estimate of drug-likeness (QED) is 0.421. The number of hydrogen-bond donors (Lipinski definition) is 4. The molecule has 0 radical (unpaired) electrons. The van der Waals surface area contributed by atoms with Crippen LogP contribution in [0.2, 0.25) is 0 Å². The number of hydrogen-bond acceptors (Lipinski definition) is 6. The number of fused-ring (bicyclic) bond motifs is 2. The normalized spacial score (nSPS) is 17.5. The third kappa shape index (κ3) is 4.07. The maximum Gasteiger partial charge on any atom is 0.251 e. The van der Waals surface area contributed by atoms with E-state index in [2.05, 4.69) is 31.3 Å². The van der Waals surface area contributed by atoms with E-state index in [0.29, 0.717) is 42.1 Å². The summed E-state index contributed by atoms with van der Waals surface area (Å²) in [6, 6.07) is 11.6. The van der Waals surface area contributed by atoms with Crippen molar-refractivity contribution in [3.63, 3.8) is 0 Å². The Morgan fingerprint density at radius 2 is 1.56 bits per heavy atom. The Morgan fingerprint density at radius 1 is 1.00 bits per heavy atom. The van der Waals surface area contributed by atoms with Crippen LogP contribution in [0.15, 0.2) is 36.4 Å². The lowest BCUT2D eigenvalue weighted by Crippen LogP contribution is -2.42. The van der Waals surface area contributed by atoms with E-state index in [9.17, 15) is 9.59 Å². The maximum absolute atomic E-state index is 12.5. The van der Waals surface area contributed by atoms with Gasteiger partial charge in [-0.05, 0) is 84.5 Å². The highest BCUT2D eigenvalue weighted by Crippen LogP contribution is 2.48. The minimum absolute atomic E-state index is 0.0676. The van der Waals surface area contributed by atoms with E-state index >= 15 is 0 Å². The molecule has 1 aromatic heterocycles. The van der Waals surface area contributed by atoms with Crippen molar-refractivity contribution in [2.45, 2.75) is 56.4 Å². The fourth-order valence-electron chi connectivity index (χ4n) is 6.22. The first-order valence-corrected chi connectivity index (χ1v) is 12.7. The van der Waals surface area contributed by atoms with Gasteiger partial charge in [0.25, 0.3) is 11.8 Å². The summed E-state index contributed by atoms with van der Waals surface area (Å²) < 4.78 is 0. The maximum atomic E-state index is 12.5. The first kappa shape index (κ1) is 24.1. The third-order valence-corrected chi connectivity index (χ3v) is 8.05. The van der Waals surface area contributed by atoms with Crippen LogP contribution in [0.3, 0.4) is 0 Å². The zero-order valence-corrected chi connectivity index (χ0v) is 20.8. The van der Waals surface area contributed by atoms with E-state index in [-0.39, 0.29) is 17.9 Å². The van der Waals surface area contributed by atoms with Crippen LogP contribution in [0, 0.1) is 5.92 Å². The molecule has 9 nitrogen and oxygen atoms in total. The molecule has 188 valence electrons. The number of aryl methyl sites for hydroxylation is 2. The number of nitrogens with two attached hydrogens (primary N) is 1. The van der Waals surface area contributed by atoms with Gasteiger partial charge in [-0.15, -0.1) is 10.2 Å². The number of tetrazole rings is 1. The van der Waals surface area contributed by atoms with Gasteiger partial charge >= 0.3 is 0 Å². The summed E-state index contributed by atoms with van der Waals surface area (Å²) >= 11 is 0. The molecule has 0 saturated heterocycles. The van der Waals surface area contributed by atoms with Crippen LogP contribution in [0.5, 0.6) is 0 Å². The smallest absolute Gasteiger partial charge is 0.251 e. The van der Waals surface area contributed by atoms with Crippen LogP contribution in [-0.2, 0) is 18.3 Å². The molecule has 2 aliphatic carbocycles. The minimum atomic E-state index is -0.765. The second-order valence-electron chi connectivity index (χ2n) is 9.96. The van der Waals surface area contributed by atoms with Gasteiger partial charge in [0, 0.05) is 31.3 Å². The van der Waals surface area contributed by atoms with Crippen molar-refractivity contribution in [1.29, 1.82) is 0 Å². The van der Waals surface area contributed by atoms with E-state index in [1.165, 1.54) is 12.8 Å². The van der Waals surface area contributed by atoms with Crippen molar-refractivity contribution in [3.8, 4) is 0 Å². The van der Waals surface area contributed by atoms with Crippen molar-refractivity contribution < 1.29 is 9.59 Å². The molecule has 2 aromatic carbocycles. The third-order valence-electron chi connectivity index (χ3n) is 8.05. The summed E-state index contributed by atoms with van der Waals surface area (Å²) in [6.45, 7) is 0. The molecule has 1 heterocycles. The molecule has 5 N–H and O–H groups in total. The van der Waals surface area contributed by atoms with E-state index in [4.69, 9.17) is 5.73 Å². The fraction of sp³-hybridized carbons (Fsp3) is 0.444.